The summed E-state index contributed by atoms with van der Waals surface area (Å²) in [4.78, 5) is 13.3. The number of rotatable bonds is 8. The van der Waals surface area contributed by atoms with Crippen LogP contribution in [0.15, 0.2) is 48.5 Å². The molecule has 1 heterocycles. The standard InChI is InChI=1S/C23H29NO4/c1-3-26-16-17-28-21-10-8-20(9-11-21)24-22(25)23(12-14-27-15-13-23)19-6-4-18(2)5-7-19/h4-11H,3,12-17H2,1-2H3,(H,24,25). The number of ether oxygens (including phenoxy) is 3. The number of nitrogens with one attached hydrogen (secondary N) is 1. The lowest BCUT2D eigenvalue weighted by Crippen LogP contribution is -2.44. The quantitative estimate of drug-likeness (QED) is 0.698. The molecular weight excluding hydrogens is 354 g/mol. The molecule has 0 aliphatic carbocycles. The Morgan fingerprint density at radius 1 is 1.04 bits per heavy atom. The minimum Gasteiger partial charge on any atom is -0.491 e. The van der Waals surface area contributed by atoms with Crippen molar-refractivity contribution in [1.29, 1.82) is 0 Å². The zero-order valence-corrected chi connectivity index (χ0v) is 16.7. The molecule has 1 aliphatic rings. The van der Waals surface area contributed by atoms with Gasteiger partial charge in [0, 0.05) is 25.5 Å². The third kappa shape index (κ3) is 4.91. The minimum absolute atomic E-state index is 0.0182. The van der Waals surface area contributed by atoms with Gasteiger partial charge in [0.05, 0.1) is 12.0 Å². The Morgan fingerprint density at radius 2 is 1.71 bits per heavy atom. The summed E-state index contributed by atoms with van der Waals surface area (Å²) in [6.45, 7) is 6.95. The fraction of sp³-hybridized carbons (Fsp3) is 0.435. The van der Waals surface area contributed by atoms with E-state index in [1.807, 2.05) is 31.2 Å². The molecule has 1 saturated heterocycles. The summed E-state index contributed by atoms with van der Waals surface area (Å²) in [6.07, 6.45) is 1.36. The largest absolute Gasteiger partial charge is 0.491 e. The molecule has 1 fully saturated rings. The normalized spacial score (nSPS) is 15.8. The van der Waals surface area contributed by atoms with Crippen LogP contribution in [0.5, 0.6) is 5.75 Å². The van der Waals surface area contributed by atoms with Gasteiger partial charge in [0.1, 0.15) is 12.4 Å². The van der Waals surface area contributed by atoms with Gasteiger partial charge in [0.2, 0.25) is 5.91 Å². The molecular formula is C23H29NO4. The predicted molar refractivity (Wildman–Crippen MR) is 110 cm³/mol. The topological polar surface area (TPSA) is 56.8 Å². The number of carbonyl (C=O) groups excluding carboxylic acids is 1. The lowest BCUT2D eigenvalue weighted by molar-refractivity contribution is -0.125. The third-order valence-corrected chi connectivity index (χ3v) is 5.20. The van der Waals surface area contributed by atoms with Crippen molar-refractivity contribution in [3.05, 3.63) is 59.7 Å². The number of hydrogen-bond donors (Lipinski definition) is 1. The fourth-order valence-electron chi connectivity index (χ4n) is 3.49. The highest BCUT2D eigenvalue weighted by atomic mass is 16.5. The molecule has 2 aromatic rings. The summed E-state index contributed by atoms with van der Waals surface area (Å²) < 4.78 is 16.4. The van der Waals surface area contributed by atoms with E-state index in [0.717, 1.165) is 17.0 Å². The van der Waals surface area contributed by atoms with Crippen molar-refractivity contribution in [3.8, 4) is 5.75 Å². The Hall–Kier alpha value is -2.37. The van der Waals surface area contributed by atoms with Crippen molar-refractivity contribution in [1.82, 2.24) is 0 Å². The molecule has 1 aliphatic heterocycles. The van der Waals surface area contributed by atoms with E-state index in [1.165, 1.54) is 5.56 Å². The van der Waals surface area contributed by atoms with E-state index in [-0.39, 0.29) is 5.91 Å². The summed E-state index contributed by atoms with van der Waals surface area (Å²) in [5.74, 6) is 0.779. The monoisotopic (exact) mass is 383 g/mol. The number of carbonyl (C=O) groups is 1. The van der Waals surface area contributed by atoms with Gasteiger partial charge in [-0.05, 0) is 56.5 Å². The molecule has 3 rings (SSSR count). The second kappa shape index (κ2) is 9.71. The average Bonchev–Trinajstić information content (AvgIpc) is 2.73. The maximum Gasteiger partial charge on any atom is 0.235 e. The summed E-state index contributed by atoms with van der Waals surface area (Å²) in [7, 11) is 0. The molecule has 0 unspecified atom stereocenters. The van der Waals surface area contributed by atoms with Crippen LogP contribution >= 0.6 is 0 Å². The first-order valence-electron chi connectivity index (χ1n) is 9.91. The molecule has 2 aromatic carbocycles. The van der Waals surface area contributed by atoms with Gasteiger partial charge < -0.3 is 19.5 Å². The van der Waals surface area contributed by atoms with Crippen LogP contribution in [0.4, 0.5) is 5.69 Å². The van der Waals surface area contributed by atoms with Crippen molar-refractivity contribution in [2.45, 2.75) is 32.1 Å². The average molecular weight is 383 g/mol. The van der Waals surface area contributed by atoms with E-state index in [9.17, 15) is 4.79 Å². The molecule has 0 spiro atoms. The first-order valence-corrected chi connectivity index (χ1v) is 9.91. The van der Waals surface area contributed by atoms with Gasteiger partial charge in [-0.3, -0.25) is 4.79 Å². The number of anilines is 1. The van der Waals surface area contributed by atoms with Gasteiger partial charge in [0.25, 0.3) is 0 Å². The fourth-order valence-corrected chi connectivity index (χ4v) is 3.49. The van der Waals surface area contributed by atoms with Crippen molar-refractivity contribution >= 4 is 11.6 Å². The molecule has 1 N–H and O–H groups in total. The zero-order valence-electron chi connectivity index (χ0n) is 16.7. The van der Waals surface area contributed by atoms with E-state index < -0.39 is 5.41 Å². The Balaban J connectivity index is 1.69. The Morgan fingerprint density at radius 3 is 2.36 bits per heavy atom. The SMILES string of the molecule is CCOCCOc1ccc(NC(=O)C2(c3ccc(C)cc3)CCOCC2)cc1. The van der Waals surface area contributed by atoms with Crippen LogP contribution in [-0.4, -0.2) is 38.9 Å². The van der Waals surface area contributed by atoms with E-state index in [2.05, 4.69) is 36.5 Å². The summed E-state index contributed by atoms with van der Waals surface area (Å²) in [6, 6.07) is 15.7. The Bertz CT molecular complexity index is 749. The maximum absolute atomic E-state index is 13.3. The van der Waals surface area contributed by atoms with Gasteiger partial charge in [-0.25, -0.2) is 0 Å². The second-order valence-corrected chi connectivity index (χ2v) is 7.08. The van der Waals surface area contributed by atoms with Crippen molar-refractivity contribution in [2.24, 2.45) is 0 Å². The highest BCUT2D eigenvalue weighted by Gasteiger charge is 2.41. The molecule has 28 heavy (non-hydrogen) atoms. The van der Waals surface area contributed by atoms with Crippen LogP contribution in [0.2, 0.25) is 0 Å². The van der Waals surface area contributed by atoms with E-state index in [0.29, 0.717) is 45.9 Å². The molecule has 0 atom stereocenters. The van der Waals surface area contributed by atoms with Crippen LogP contribution in [0.25, 0.3) is 0 Å². The van der Waals surface area contributed by atoms with Gasteiger partial charge in [0.15, 0.2) is 0 Å². The summed E-state index contributed by atoms with van der Waals surface area (Å²) in [5, 5.41) is 3.09. The maximum atomic E-state index is 13.3. The molecule has 150 valence electrons. The summed E-state index contributed by atoms with van der Waals surface area (Å²) >= 11 is 0. The zero-order chi connectivity index (χ0) is 19.8. The minimum atomic E-state index is -0.557. The molecule has 0 bridgehead atoms. The number of benzene rings is 2. The number of amides is 1. The molecule has 0 aromatic heterocycles. The van der Waals surface area contributed by atoms with Gasteiger partial charge in [-0.15, -0.1) is 0 Å². The molecule has 5 heteroatoms. The highest BCUT2D eigenvalue weighted by Crippen LogP contribution is 2.36. The van der Waals surface area contributed by atoms with E-state index >= 15 is 0 Å². The van der Waals surface area contributed by atoms with Crippen LogP contribution in [0, 0.1) is 6.92 Å². The Labute approximate surface area is 167 Å². The van der Waals surface area contributed by atoms with Crippen LogP contribution in [0.1, 0.15) is 30.9 Å². The summed E-state index contributed by atoms with van der Waals surface area (Å²) in [5.41, 5.74) is 2.44. The molecule has 5 nitrogen and oxygen atoms in total. The highest BCUT2D eigenvalue weighted by molar-refractivity contribution is 5.99. The first kappa shape index (κ1) is 20.4. The van der Waals surface area contributed by atoms with E-state index in [1.54, 1.807) is 0 Å². The number of aryl methyl sites for hydroxylation is 1. The van der Waals surface area contributed by atoms with Crippen LogP contribution in [0.3, 0.4) is 0 Å². The first-order chi connectivity index (χ1) is 13.6. The lowest BCUT2D eigenvalue weighted by atomic mass is 9.73. The van der Waals surface area contributed by atoms with Crippen molar-refractivity contribution < 1.29 is 19.0 Å². The van der Waals surface area contributed by atoms with E-state index in [4.69, 9.17) is 14.2 Å². The molecule has 0 saturated carbocycles. The van der Waals surface area contributed by atoms with Crippen molar-refractivity contribution in [3.63, 3.8) is 0 Å². The smallest absolute Gasteiger partial charge is 0.235 e. The second-order valence-electron chi connectivity index (χ2n) is 7.08. The predicted octanol–water partition coefficient (Wildman–Crippen LogP) is 4.10. The number of hydrogen-bond acceptors (Lipinski definition) is 4. The Kier molecular flexibility index (Phi) is 7.06. The van der Waals surface area contributed by atoms with Gasteiger partial charge in [-0.1, -0.05) is 29.8 Å². The van der Waals surface area contributed by atoms with Crippen molar-refractivity contribution in [2.75, 3.05) is 38.4 Å². The third-order valence-electron chi connectivity index (χ3n) is 5.20. The van der Waals surface area contributed by atoms with Crippen LogP contribution in [-0.2, 0) is 19.7 Å². The van der Waals surface area contributed by atoms with Gasteiger partial charge >= 0.3 is 0 Å². The van der Waals surface area contributed by atoms with Crippen LogP contribution < -0.4 is 10.1 Å². The lowest BCUT2D eigenvalue weighted by Gasteiger charge is -2.36. The molecule has 0 radical (unpaired) electrons. The molecule has 1 amide bonds. The van der Waals surface area contributed by atoms with Gasteiger partial charge in [-0.2, -0.15) is 0 Å².